The molecule has 44 heavy (non-hydrogen) atoms. The summed E-state index contributed by atoms with van der Waals surface area (Å²) < 4.78 is 56.4. The normalized spacial score (nSPS) is 17.4. The number of piperidine rings is 1. The molecule has 4 N–H and O–H groups in total. The summed E-state index contributed by atoms with van der Waals surface area (Å²) >= 11 is 0. The van der Waals surface area contributed by atoms with Gasteiger partial charge in [-0.25, -0.2) is 21.6 Å². The number of sulfonamides is 2. The van der Waals surface area contributed by atoms with E-state index >= 15 is 0 Å². The maximum atomic E-state index is 12.7. The monoisotopic (exact) mass is 643 g/mol. The van der Waals surface area contributed by atoms with E-state index in [4.69, 9.17) is 4.74 Å². The zero-order valence-corrected chi connectivity index (χ0v) is 26.9. The van der Waals surface area contributed by atoms with Gasteiger partial charge in [0.2, 0.25) is 20.0 Å². The fraction of sp³-hybridized carbons (Fsp3) is 0.387. The number of carbonyl (C=O) groups excluding carboxylic acids is 1. The van der Waals surface area contributed by atoms with E-state index in [1.807, 2.05) is 12.1 Å². The molecule has 0 saturated carbocycles. The molecule has 0 bridgehead atoms. The number of nitrogens with one attached hydrogen (secondary N) is 4. The van der Waals surface area contributed by atoms with Crippen molar-refractivity contribution in [2.45, 2.75) is 57.7 Å². The molecule has 238 valence electrons. The number of nitrogens with zero attached hydrogens (tertiary/aromatic N) is 1. The molecule has 2 unspecified atom stereocenters. The van der Waals surface area contributed by atoms with Crippen molar-refractivity contribution in [3.05, 3.63) is 78.4 Å². The first-order chi connectivity index (χ1) is 20.8. The van der Waals surface area contributed by atoms with Crippen molar-refractivity contribution in [1.29, 1.82) is 0 Å². The van der Waals surface area contributed by atoms with Gasteiger partial charge in [-0.3, -0.25) is 14.3 Å². The van der Waals surface area contributed by atoms with Crippen LogP contribution in [0, 0.1) is 0 Å². The van der Waals surface area contributed by atoms with E-state index in [0.29, 0.717) is 34.6 Å². The van der Waals surface area contributed by atoms with Gasteiger partial charge in [-0.15, -0.1) is 0 Å². The summed E-state index contributed by atoms with van der Waals surface area (Å²) in [4.78, 5) is 15.2. The van der Waals surface area contributed by atoms with Crippen LogP contribution in [0.4, 0.5) is 21.9 Å². The topological polar surface area (TPSA) is 146 Å². The summed E-state index contributed by atoms with van der Waals surface area (Å²) in [5.74, 6) is 1.30. The maximum absolute atomic E-state index is 12.7. The van der Waals surface area contributed by atoms with Crippen LogP contribution in [0.25, 0.3) is 0 Å². The molecule has 0 aromatic heterocycles. The number of carbonyl (C=O) groups is 1. The second-order valence-corrected chi connectivity index (χ2v) is 14.7. The van der Waals surface area contributed by atoms with E-state index in [1.54, 1.807) is 48.5 Å². The average Bonchev–Trinajstić information content (AvgIpc) is 2.94. The van der Waals surface area contributed by atoms with Crippen LogP contribution in [0.5, 0.6) is 11.5 Å². The van der Waals surface area contributed by atoms with E-state index in [9.17, 15) is 21.6 Å². The molecule has 4 rings (SSSR count). The zero-order valence-electron chi connectivity index (χ0n) is 25.2. The van der Waals surface area contributed by atoms with Gasteiger partial charge in [-0.1, -0.05) is 31.9 Å². The summed E-state index contributed by atoms with van der Waals surface area (Å²) in [6.45, 7) is 3.84. The highest BCUT2D eigenvalue weighted by Crippen LogP contribution is 2.27. The Morgan fingerprint density at radius 2 is 1.34 bits per heavy atom. The number of urea groups is 1. The molecule has 11 nitrogen and oxygen atoms in total. The minimum absolute atomic E-state index is 0.0501. The Balaban J connectivity index is 1.29. The van der Waals surface area contributed by atoms with E-state index < -0.39 is 20.0 Å². The molecule has 13 heteroatoms. The minimum atomic E-state index is -3.36. The second kappa shape index (κ2) is 14.8. The standard InChI is InChI=1S/C31H41N5O6S2/c1-4-5-6-28-21-27(33-31(37)32-24-9-11-25(12-10-24)34-43(2,38)39)19-20-36(28)22-23-7-15-29(16-8-23)42-30-17-13-26(14-18-30)35-44(3,40)41/h7-18,27-28,34-35H,4-6,19-22H2,1-3H3,(H2,32,33,37). The molecule has 3 aromatic rings. The largest absolute Gasteiger partial charge is 0.457 e. The first-order valence-electron chi connectivity index (χ1n) is 14.6. The van der Waals surface area contributed by atoms with Crippen molar-refractivity contribution < 1.29 is 26.4 Å². The van der Waals surface area contributed by atoms with E-state index in [-0.39, 0.29) is 12.1 Å². The molecular weight excluding hydrogens is 603 g/mol. The number of ether oxygens (including phenoxy) is 1. The minimum Gasteiger partial charge on any atom is -0.457 e. The lowest BCUT2D eigenvalue weighted by Gasteiger charge is -2.40. The third kappa shape index (κ3) is 11.0. The van der Waals surface area contributed by atoms with Crippen LogP contribution in [0.2, 0.25) is 0 Å². The van der Waals surface area contributed by atoms with Crippen LogP contribution < -0.4 is 24.8 Å². The van der Waals surface area contributed by atoms with E-state index in [2.05, 4.69) is 44.0 Å². The average molecular weight is 644 g/mol. The predicted octanol–water partition coefficient (Wildman–Crippen LogP) is 5.57. The van der Waals surface area contributed by atoms with Crippen molar-refractivity contribution in [3.63, 3.8) is 0 Å². The van der Waals surface area contributed by atoms with Gasteiger partial charge in [-0.05, 0) is 85.5 Å². The lowest BCUT2D eigenvalue weighted by Crippen LogP contribution is -2.50. The van der Waals surface area contributed by atoms with Crippen molar-refractivity contribution in [3.8, 4) is 11.5 Å². The van der Waals surface area contributed by atoms with E-state index in [0.717, 1.165) is 57.7 Å². The van der Waals surface area contributed by atoms with Gasteiger partial charge in [0.15, 0.2) is 0 Å². The second-order valence-electron chi connectivity index (χ2n) is 11.2. The first-order valence-corrected chi connectivity index (χ1v) is 18.4. The molecule has 0 aliphatic carbocycles. The highest BCUT2D eigenvalue weighted by atomic mass is 32.2. The summed E-state index contributed by atoms with van der Waals surface area (Å²) in [5.41, 5.74) is 2.66. The van der Waals surface area contributed by atoms with Gasteiger partial charge in [0.05, 0.1) is 12.5 Å². The van der Waals surface area contributed by atoms with Gasteiger partial charge >= 0.3 is 6.03 Å². The number of hydrogen-bond donors (Lipinski definition) is 4. The first kappa shape index (κ1) is 33.1. The molecule has 1 fully saturated rings. The molecule has 1 saturated heterocycles. The summed E-state index contributed by atoms with van der Waals surface area (Å²) in [7, 11) is -6.70. The molecule has 2 amide bonds. The molecular formula is C31H41N5O6S2. The number of hydrogen-bond acceptors (Lipinski definition) is 7. The molecule has 1 aliphatic rings. The Bertz CT molecular complexity index is 1600. The molecule has 0 radical (unpaired) electrons. The summed E-state index contributed by atoms with van der Waals surface area (Å²) in [6, 6.07) is 21.3. The van der Waals surface area contributed by atoms with Crippen molar-refractivity contribution >= 4 is 43.1 Å². The lowest BCUT2D eigenvalue weighted by molar-refractivity contribution is 0.111. The molecule has 3 aromatic carbocycles. The van der Waals surface area contributed by atoms with Gasteiger partial charge < -0.3 is 15.4 Å². The van der Waals surface area contributed by atoms with Crippen molar-refractivity contribution in [2.75, 3.05) is 33.8 Å². The van der Waals surface area contributed by atoms with Gasteiger partial charge in [0.25, 0.3) is 0 Å². The number of anilines is 3. The number of amides is 2. The van der Waals surface area contributed by atoms with Gasteiger partial charge in [-0.2, -0.15) is 0 Å². The van der Waals surface area contributed by atoms with Crippen molar-refractivity contribution in [1.82, 2.24) is 10.2 Å². The molecule has 1 heterocycles. The quantitative estimate of drug-likeness (QED) is 0.191. The highest BCUT2D eigenvalue weighted by Gasteiger charge is 2.29. The Kier molecular flexibility index (Phi) is 11.1. The highest BCUT2D eigenvalue weighted by molar-refractivity contribution is 7.92. The lowest BCUT2D eigenvalue weighted by atomic mass is 9.93. The van der Waals surface area contributed by atoms with Gasteiger partial charge in [0, 0.05) is 42.2 Å². The van der Waals surface area contributed by atoms with Crippen LogP contribution in [0.3, 0.4) is 0 Å². The fourth-order valence-electron chi connectivity index (χ4n) is 5.21. The number of rotatable bonds is 13. The zero-order chi connectivity index (χ0) is 31.7. The molecule has 0 spiro atoms. The van der Waals surface area contributed by atoms with Crippen LogP contribution in [0.1, 0.15) is 44.6 Å². The maximum Gasteiger partial charge on any atom is 0.319 e. The fourth-order valence-corrected chi connectivity index (χ4v) is 6.33. The SMILES string of the molecule is CCCCC1CC(NC(=O)Nc2ccc(NS(C)(=O)=O)cc2)CCN1Cc1ccc(Oc2ccc(NS(C)(=O)=O)cc2)cc1. The van der Waals surface area contributed by atoms with Crippen LogP contribution in [0.15, 0.2) is 72.8 Å². The molecule has 2 atom stereocenters. The Morgan fingerprint density at radius 1 is 0.818 bits per heavy atom. The Hall–Kier alpha value is -3.81. The van der Waals surface area contributed by atoms with E-state index in [1.165, 1.54) is 5.56 Å². The number of likely N-dealkylation sites (tertiary alicyclic amines) is 1. The smallest absolute Gasteiger partial charge is 0.319 e. The van der Waals surface area contributed by atoms with Crippen LogP contribution >= 0.6 is 0 Å². The third-order valence-corrected chi connectivity index (χ3v) is 8.43. The predicted molar refractivity (Wildman–Crippen MR) is 175 cm³/mol. The van der Waals surface area contributed by atoms with Crippen LogP contribution in [-0.4, -0.2) is 58.9 Å². The van der Waals surface area contributed by atoms with Crippen LogP contribution in [-0.2, 0) is 26.6 Å². The van der Waals surface area contributed by atoms with Gasteiger partial charge in [0.1, 0.15) is 11.5 Å². The number of unbranched alkanes of at least 4 members (excludes halogenated alkanes) is 1. The third-order valence-electron chi connectivity index (χ3n) is 7.21. The summed E-state index contributed by atoms with van der Waals surface area (Å²) in [6.07, 6.45) is 7.15. The summed E-state index contributed by atoms with van der Waals surface area (Å²) in [5, 5.41) is 5.96. The van der Waals surface area contributed by atoms with Crippen molar-refractivity contribution in [2.24, 2.45) is 0 Å². The number of benzene rings is 3. The Labute approximate surface area is 260 Å². The molecule has 1 aliphatic heterocycles. The Morgan fingerprint density at radius 3 is 1.89 bits per heavy atom.